The summed E-state index contributed by atoms with van der Waals surface area (Å²) >= 11 is 0. The van der Waals surface area contributed by atoms with Gasteiger partial charge in [-0.1, -0.05) is 13.3 Å². The first-order valence-electron chi connectivity index (χ1n) is 6.32. The Kier molecular flexibility index (Phi) is 7.54. The Bertz CT molecular complexity index is 252. The summed E-state index contributed by atoms with van der Waals surface area (Å²) in [5, 5.41) is 2.66. The molecule has 0 rings (SSSR count). The average molecular weight is 243 g/mol. The van der Waals surface area contributed by atoms with Gasteiger partial charge in [0.1, 0.15) is 6.04 Å². The van der Waals surface area contributed by atoms with Crippen LogP contribution >= 0.6 is 0 Å². The highest BCUT2D eigenvalue weighted by atomic mass is 16.2. The van der Waals surface area contributed by atoms with Crippen LogP contribution in [0, 0.1) is 0 Å². The average Bonchev–Trinajstić information content (AvgIpc) is 2.30. The van der Waals surface area contributed by atoms with E-state index in [0.717, 1.165) is 6.42 Å². The van der Waals surface area contributed by atoms with E-state index in [9.17, 15) is 9.59 Å². The third kappa shape index (κ3) is 5.17. The van der Waals surface area contributed by atoms with Crippen LogP contribution in [0.1, 0.15) is 40.5 Å². The van der Waals surface area contributed by atoms with Gasteiger partial charge in [0.05, 0.1) is 6.04 Å². The molecule has 100 valence electrons. The first kappa shape index (κ1) is 15.9. The number of amides is 2. The third-order valence-corrected chi connectivity index (χ3v) is 2.74. The van der Waals surface area contributed by atoms with Crippen molar-refractivity contribution in [2.75, 3.05) is 13.1 Å². The maximum absolute atomic E-state index is 11.9. The van der Waals surface area contributed by atoms with Crippen LogP contribution in [0.2, 0.25) is 0 Å². The lowest BCUT2D eigenvalue weighted by Crippen LogP contribution is -2.51. The molecule has 5 heteroatoms. The Morgan fingerprint density at radius 2 is 1.76 bits per heavy atom. The van der Waals surface area contributed by atoms with Crippen LogP contribution in [0.25, 0.3) is 0 Å². The number of nitrogens with zero attached hydrogens (tertiary/aromatic N) is 1. The molecule has 0 aliphatic rings. The van der Waals surface area contributed by atoms with Gasteiger partial charge >= 0.3 is 0 Å². The number of hydrogen-bond donors (Lipinski definition) is 2. The number of likely N-dealkylation sites (N-methyl/N-ethyl adjacent to an activating group) is 1. The Hall–Kier alpha value is -1.10. The summed E-state index contributed by atoms with van der Waals surface area (Å²) in [5.74, 6) is -0.313. The molecule has 2 amide bonds. The van der Waals surface area contributed by atoms with Crippen molar-refractivity contribution in [2.24, 2.45) is 5.73 Å². The summed E-state index contributed by atoms with van der Waals surface area (Å²) in [5.41, 5.74) is 5.68. The van der Waals surface area contributed by atoms with Crippen molar-refractivity contribution in [3.63, 3.8) is 0 Å². The second-order valence-electron chi connectivity index (χ2n) is 4.14. The van der Waals surface area contributed by atoms with Crippen molar-refractivity contribution in [3.8, 4) is 0 Å². The van der Waals surface area contributed by atoms with Gasteiger partial charge in [0.15, 0.2) is 0 Å². The van der Waals surface area contributed by atoms with E-state index in [4.69, 9.17) is 5.73 Å². The zero-order valence-electron chi connectivity index (χ0n) is 11.3. The molecule has 0 aromatic heterocycles. The van der Waals surface area contributed by atoms with Gasteiger partial charge in [-0.3, -0.25) is 9.59 Å². The lowest BCUT2D eigenvalue weighted by atomic mass is 10.1. The Balaban J connectivity index is 4.28. The van der Waals surface area contributed by atoms with Crippen molar-refractivity contribution in [1.82, 2.24) is 10.2 Å². The summed E-state index contributed by atoms with van der Waals surface area (Å²) in [4.78, 5) is 25.2. The quantitative estimate of drug-likeness (QED) is 0.683. The van der Waals surface area contributed by atoms with Gasteiger partial charge in [0.2, 0.25) is 11.8 Å². The highest BCUT2D eigenvalue weighted by Gasteiger charge is 2.22. The van der Waals surface area contributed by atoms with Gasteiger partial charge in [-0.05, 0) is 27.2 Å². The molecular weight excluding hydrogens is 218 g/mol. The van der Waals surface area contributed by atoms with E-state index in [2.05, 4.69) is 5.32 Å². The fourth-order valence-corrected chi connectivity index (χ4v) is 1.63. The lowest BCUT2D eigenvalue weighted by molar-refractivity contribution is -0.136. The molecule has 0 fully saturated rings. The zero-order valence-corrected chi connectivity index (χ0v) is 11.3. The van der Waals surface area contributed by atoms with Gasteiger partial charge < -0.3 is 16.0 Å². The molecule has 0 radical (unpaired) electrons. The first-order valence-corrected chi connectivity index (χ1v) is 6.32. The summed E-state index contributed by atoms with van der Waals surface area (Å²) in [7, 11) is 0. The summed E-state index contributed by atoms with van der Waals surface area (Å²) < 4.78 is 0. The normalized spacial score (nSPS) is 13.9. The van der Waals surface area contributed by atoms with Crippen LogP contribution in [0.4, 0.5) is 0 Å². The summed E-state index contributed by atoms with van der Waals surface area (Å²) in [6.45, 7) is 8.79. The van der Waals surface area contributed by atoms with E-state index in [0.29, 0.717) is 19.5 Å². The Morgan fingerprint density at radius 1 is 1.24 bits per heavy atom. The van der Waals surface area contributed by atoms with Crippen LogP contribution in [0.5, 0.6) is 0 Å². The molecule has 0 aliphatic carbocycles. The van der Waals surface area contributed by atoms with Crippen molar-refractivity contribution in [1.29, 1.82) is 0 Å². The highest BCUT2D eigenvalue weighted by Crippen LogP contribution is 1.98. The molecule has 0 bridgehead atoms. The minimum atomic E-state index is -0.521. The lowest BCUT2D eigenvalue weighted by Gasteiger charge is -2.24. The molecule has 0 spiro atoms. The smallest absolute Gasteiger partial charge is 0.244 e. The molecule has 0 aromatic carbocycles. The zero-order chi connectivity index (χ0) is 13.4. The maximum atomic E-state index is 11.9. The van der Waals surface area contributed by atoms with Gasteiger partial charge in [0, 0.05) is 13.1 Å². The van der Waals surface area contributed by atoms with Crippen LogP contribution < -0.4 is 11.1 Å². The number of carbonyl (C=O) groups excluding carboxylic acids is 2. The number of nitrogens with one attached hydrogen (secondary N) is 1. The fraction of sp³-hybridized carbons (Fsp3) is 0.833. The van der Waals surface area contributed by atoms with Gasteiger partial charge in [0.25, 0.3) is 0 Å². The van der Waals surface area contributed by atoms with Crippen molar-refractivity contribution in [2.45, 2.75) is 52.6 Å². The maximum Gasteiger partial charge on any atom is 0.244 e. The molecule has 0 aliphatic heterocycles. The molecule has 5 nitrogen and oxygen atoms in total. The van der Waals surface area contributed by atoms with Gasteiger partial charge in [-0.15, -0.1) is 0 Å². The molecule has 0 saturated heterocycles. The van der Waals surface area contributed by atoms with Crippen LogP contribution in [-0.4, -0.2) is 41.9 Å². The van der Waals surface area contributed by atoms with Crippen LogP contribution in [-0.2, 0) is 9.59 Å². The molecule has 0 saturated carbocycles. The van der Waals surface area contributed by atoms with E-state index in [1.54, 1.807) is 11.8 Å². The molecule has 3 N–H and O–H groups in total. The predicted octanol–water partition coefficient (Wildman–Crippen LogP) is 0.487. The molecule has 0 aromatic rings. The first-order chi connectivity index (χ1) is 7.97. The Morgan fingerprint density at radius 3 is 2.18 bits per heavy atom. The van der Waals surface area contributed by atoms with Gasteiger partial charge in [-0.2, -0.15) is 0 Å². The number of hydrogen-bond acceptors (Lipinski definition) is 3. The van der Waals surface area contributed by atoms with Gasteiger partial charge in [-0.25, -0.2) is 0 Å². The molecule has 1 unspecified atom stereocenters. The molecule has 2 atom stereocenters. The predicted molar refractivity (Wildman–Crippen MR) is 68.4 cm³/mol. The molecular formula is C12H25N3O2. The summed E-state index contributed by atoms with van der Waals surface area (Å²) in [6, 6.07) is -1.03. The molecule has 17 heavy (non-hydrogen) atoms. The monoisotopic (exact) mass is 243 g/mol. The fourth-order valence-electron chi connectivity index (χ4n) is 1.63. The number of nitrogens with two attached hydrogens (primary N) is 1. The van der Waals surface area contributed by atoms with Crippen LogP contribution in [0.3, 0.4) is 0 Å². The van der Waals surface area contributed by atoms with Crippen molar-refractivity contribution < 1.29 is 9.59 Å². The van der Waals surface area contributed by atoms with E-state index in [-0.39, 0.29) is 11.8 Å². The standard InChI is InChI=1S/C12H25N3O2/c1-5-8-10(13)11(16)14-9(4)12(17)15(6-2)7-3/h9-10H,5-8,13H2,1-4H3,(H,14,16)/t9?,10-/m1/s1. The van der Waals surface area contributed by atoms with Crippen LogP contribution in [0.15, 0.2) is 0 Å². The second-order valence-corrected chi connectivity index (χ2v) is 4.14. The topological polar surface area (TPSA) is 75.4 Å². The molecule has 0 heterocycles. The number of carbonyl (C=O) groups is 2. The minimum Gasteiger partial charge on any atom is -0.343 e. The largest absolute Gasteiger partial charge is 0.343 e. The van der Waals surface area contributed by atoms with Crippen molar-refractivity contribution in [3.05, 3.63) is 0 Å². The Labute approximate surface area is 104 Å². The summed E-state index contributed by atoms with van der Waals surface area (Å²) in [6.07, 6.45) is 1.49. The van der Waals surface area contributed by atoms with Crippen molar-refractivity contribution >= 4 is 11.8 Å². The van der Waals surface area contributed by atoms with E-state index >= 15 is 0 Å². The van der Waals surface area contributed by atoms with E-state index in [1.165, 1.54) is 0 Å². The minimum absolute atomic E-state index is 0.0629. The highest BCUT2D eigenvalue weighted by molar-refractivity contribution is 5.89. The van der Waals surface area contributed by atoms with E-state index in [1.807, 2.05) is 20.8 Å². The number of rotatable bonds is 7. The van der Waals surface area contributed by atoms with E-state index < -0.39 is 12.1 Å². The second kappa shape index (κ2) is 8.06. The SMILES string of the molecule is CCC[C@@H](N)C(=O)NC(C)C(=O)N(CC)CC. The third-order valence-electron chi connectivity index (χ3n) is 2.74.